The molecule has 12 heteroatoms. The van der Waals surface area contributed by atoms with Crippen LogP contribution in [0.25, 0.3) is 0 Å². The molecule has 1 amide bonds. The Bertz CT molecular complexity index is 1210. The molecule has 0 bridgehead atoms. The van der Waals surface area contributed by atoms with Gasteiger partial charge in [0.2, 0.25) is 11.7 Å². The number of ether oxygens (including phenoxy) is 3. The first-order chi connectivity index (χ1) is 16.9. The van der Waals surface area contributed by atoms with Crippen LogP contribution in [-0.4, -0.2) is 68.6 Å². The molecule has 1 aliphatic heterocycles. The Labute approximate surface area is 209 Å². The van der Waals surface area contributed by atoms with Crippen molar-refractivity contribution in [2.75, 3.05) is 26.8 Å². The third-order valence-corrected chi connectivity index (χ3v) is 5.73. The zero-order valence-corrected chi connectivity index (χ0v) is 20.9. The van der Waals surface area contributed by atoms with Crippen molar-refractivity contribution in [2.45, 2.75) is 24.8 Å². The predicted octanol–water partition coefficient (Wildman–Crippen LogP) is 1.47. The van der Waals surface area contributed by atoms with Crippen LogP contribution in [0.2, 0.25) is 0 Å². The highest BCUT2D eigenvalue weighted by Gasteiger charge is 2.34. The van der Waals surface area contributed by atoms with Crippen LogP contribution in [0, 0.1) is 6.92 Å². The van der Waals surface area contributed by atoms with Crippen molar-refractivity contribution < 1.29 is 41.6 Å². The zero-order valence-electron chi connectivity index (χ0n) is 20.0. The molecule has 11 nitrogen and oxygen atoms in total. The number of carbonyl (C=O) groups excluding carboxylic acids is 3. The van der Waals surface area contributed by atoms with Gasteiger partial charge < -0.3 is 24.8 Å². The average molecular weight is 521 g/mol. The molecule has 3 N–H and O–H groups in total. The number of benzene rings is 2. The van der Waals surface area contributed by atoms with E-state index in [1.54, 1.807) is 43.3 Å². The van der Waals surface area contributed by atoms with Gasteiger partial charge in [-0.05, 0) is 43.7 Å². The third-order valence-electron chi connectivity index (χ3n) is 4.87. The molecule has 3 rings (SSSR count). The second-order valence-electron chi connectivity index (χ2n) is 7.79. The molecule has 2 aromatic rings. The van der Waals surface area contributed by atoms with Gasteiger partial charge in [-0.25, -0.2) is 9.59 Å². The van der Waals surface area contributed by atoms with Crippen molar-refractivity contribution in [1.29, 1.82) is 0 Å². The molecule has 0 aromatic heterocycles. The van der Waals surface area contributed by atoms with Gasteiger partial charge in [0, 0.05) is 13.1 Å². The molecule has 1 fully saturated rings. The second-order valence-corrected chi connectivity index (χ2v) is 9.21. The summed E-state index contributed by atoms with van der Waals surface area (Å²) >= 11 is 0. The summed E-state index contributed by atoms with van der Waals surface area (Å²) in [6.45, 7) is 3.56. The quantitative estimate of drug-likeness (QED) is 0.171. The van der Waals surface area contributed by atoms with E-state index in [0.717, 1.165) is 5.56 Å². The minimum Gasteiger partial charge on any atom is -0.482 e. The lowest BCUT2D eigenvalue weighted by Crippen LogP contribution is -2.61. The molecule has 1 atom stereocenters. The van der Waals surface area contributed by atoms with Crippen molar-refractivity contribution in [2.24, 2.45) is 5.73 Å². The molecule has 0 unspecified atom stereocenters. The molecule has 1 heterocycles. The van der Waals surface area contributed by atoms with Crippen molar-refractivity contribution in [1.82, 2.24) is 4.90 Å². The third kappa shape index (κ3) is 8.48. The van der Waals surface area contributed by atoms with Gasteiger partial charge in [0.1, 0.15) is 11.8 Å². The molecular weight excluding hydrogens is 492 g/mol. The van der Waals surface area contributed by atoms with Gasteiger partial charge in [0.15, 0.2) is 6.61 Å². The van der Waals surface area contributed by atoms with Crippen LogP contribution in [0.5, 0.6) is 5.75 Å². The Morgan fingerprint density at radius 2 is 1.72 bits per heavy atom. The van der Waals surface area contributed by atoms with Crippen molar-refractivity contribution >= 4 is 28.0 Å². The maximum absolute atomic E-state index is 11.9. The number of hydrogen-bond acceptors (Lipinski definition) is 9. The van der Waals surface area contributed by atoms with E-state index in [-0.39, 0.29) is 29.7 Å². The van der Waals surface area contributed by atoms with E-state index >= 15 is 0 Å². The Balaban J connectivity index is 0.000000346. The lowest BCUT2D eigenvalue weighted by molar-refractivity contribution is -0.151. The van der Waals surface area contributed by atoms with Gasteiger partial charge in [-0.1, -0.05) is 35.9 Å². The summed E-state index contributed by atoms with van der Waals surface area (Å²) in [7, 11) is -2.84. The summed E-state index contributed by atoms with van der Waals surface area (Å²) in [5.74, 6) is -1.53. The smallest absolute Gasteiger partial charge is 0.374 e. The minimum atomic E-state index is -4.02. The van der Waals surface area contributed by atoms with Crippen molar-refractivity contribution in [3.05, 3.63) is 71.5 Å². The zero-order chi connectivity index (χ0) is 26.9. The van der Waals surface area contributed by atoms with Crippen LogP contribution < -0.4 is 10.5 Å². The summed E-state index contributed by atoms with van der Waals surface area (Å²) in [5.41, 5.74) is 6.87. The summed E-state index contributed by atoms with van der Waals surface area (Å²) in [4.78, 5) is 36.8. The Morgan fingerprint density at radius 3 is 2.22 bits per heavy atom. The van der Waals surface area contributed by atoms with Crippen LogP contribution in [-0.2, 0) is 34.0 Å². The summed E-state index contributed by atoms with van der Waals surface area (Å²) < 4.78 is 44.6. The maximum Gasteiger partial charge on any atom is 0.374 e. The maximum atomic E-state index is 11.9. The molecule has 1 saturated heterocycles. The molecule has 194 valence electrons. The molecule has 0 saturated carbocycles. The second kappa shape index (κ2) is 12.8. The predicted molar refractivity (Wildman–Crippen MR) is 128 cm³/mol. The van der Waals surface area contributed by atoms with Gasteiger partial charge >= 0.3 is 11.9 Å². The first-order valence-electron chi connectivity index (χ1n) is 10.7. The molecule has 0 spiro atoms. The van der Waals surface area contributed by atoms with E-state index < -0.39 is 28.1 Å². The van der Waals surface area contributed by atoms with Crippen LogP contribution in [0.4, 0.5) is 0 Å². The van der Waals surface area contributed by atoms with Crippen LogP contribution in [0.15, 0.2) is 70.8 Å². The Hall–Kier alpha value is -3.74. The van der Waals surface area contributed by atoms with Crippen LogP contribution in [0.1, 0.15) is 12.5 Å². The molecule has 0 radical (unpaired) electrons. The summed E-state index contributed by atoms with van der Waals surface area (Å²) in [5, 5.41) is 0. The number of nitrogens with zero attached hydrogens (tertiary/aromatic N) is 1. The molecule has 0 aliphatic carbocycles. The Kier molecular flexibility index (Phi) is 10.1. The molecular formula is C24H28N2O9S. The van der Waals surface area contributed by atoms with Crippen molar-refractivity contribution in [3.63, 3.8) is 0 Å². The van der Waals surface area contributed by atoms with E-state index in [1.165, 1.54) is 24.1 Å². The van der Waals surface area contributed by atoms with Gasteiger partial charge in [-0.3, -0.25) is 9.35 Å². The number of hydrogen-bond donors (Lipinski definition) is 2. The number of para-hydroxylation sites is 1. The number of likely N-dealkylation sites (tertiary alicyclic amines) is 1. The lowest BCUT2D eigenvalue weighted by Gasteiger charge is -2.36. The van der Waals surface area contributed by atoms with E-state index in [1.807, 2.05) is 13.0 Å². The highest BCUT2D eigenvalue weighted by molar-refractivity contribution is 7.85. The number of amides is 1. The monoisotopic (exact) mass is 520 g/mol. The number of nitrogens with two attached hydrogens (primary N) is 1. The highest BCUT2D eigenvalue weighted by Crippen LogP contribution is 2.16. The van der Waals surface area contributed by atoms with E-state index in [0.29, 0.717) is 17.9 Å². The first kappa shape index (κ1) is 28.5. The van der Waals surface area contributed by atoms with Gasteiger partial charge in [-0.15, -0.1) is 0 Å². The normalized spacial score (nSPS) is 15.5. The van der Waals surface area contributed by atoms with Gasteiger partial charge in [0.05, 0.1) is 12.0 Å². The topological polar surface area (TPSA) is 163 Å². The number of carbonyl (C=O) groups is 3. The SMILES string of the molecule is COC(=O)C(OC(=O)COc1ccccc1)=C(C)CN1C[C@H](N)C1=O.Cc1ccc(S(=O)(=O)O)cc1. The minimum absolute atomic E-state index is 0.0666. The fourth-order valence-corrected chi connectivity index (χ4v) is 3.42. The summed E-state index contributed by atoms with van der Waals surface area (Å²) in [6.07, 6.45) is 0. The van der Waals surface area contributed by atoms with Crippen LogP contribution in [0.3, 0.4) is 0 Å². The number of methoxy groups -OCH3 is 1. The molecule has 2 aromatic carbocycles. The standard InChI is InChI=1S/C17H20N2O6.C7H8O3S/c1-11(8-19-9-13(18)16(19)21)15(17(22)23-2)25-14(20)10-24-12-6-4-3-5-7-12;1-6-2-4-7(5-3-6)11(8,9)10/h3-7,13H,8-10,18H2,1-2H3;2-5H,1H3,(H,8,9,10)/t13-;/m0./s1. The number of β-lactam (4-membered cyclic amide) rings is 1. The number of esters is 2. The van der Waals surface area contributed by atoms with E-state index in [4.69, 9.17) is 19.8 Å². The fourth-order valence-electron chi connectivity index (χ4n) is 2.94. The van der Waals surface area contributed by atoms with E-state index in [2.05, 4.69) is 4.74 Å². The fraction of sp³-hybridized carbons (Fsp3) is 0.292. The molecule has 1 aliphatic rings. The number of aryl methyl sites for hydroxylation is 1. The lowest BCUT2D eigenvalue weighted by atomic mass is 10.1. The molecule has 36 heavy (non-hydrogen) atoms. The van der Waals surface area contributed by atoms with Crippen LogP contribution >= 0.6 is 0 Å². The average Bonchev–Trinajstić information content (AvgIpc) is 2.85. The van der Waals surface area contributed by atoms with Gasteiger partial charge in [0.25, 0.3) is 10.1 Å². The van der Waals surface area contributed by atoms with E-state index in [9.17, 15) is 22.8 Å². The summed E-state index contributed by atoms with van der Waals surface area (Å²) in [6, 6.07) is 14.2. The number of rotatable bonds is 8. The first-order valence-corrected chi connectivity index (χ1v) is 12.1. The van der Waals surface area contributed by atoms with Crippen molar-refractivity contribution in [3.8, 4) is 5.75 Å². The van der Waals surface area contributed by atoms with Gasteiger partial charge in [-0.2, -0.15) is 8.42 Å². The Morgan fingerprint density at radius 1 is 1.11 bits per heavy atom. The largest absolute Gasteiger partial charge is 0.482 e. The highest BCUT2D eigenvalue weighted by atomic mass is 32.2.